The molecule has 0 aliphatic heterocycles. The highest BCUT2D eigenvalue weighted by Gasteiger charge is 2.18. The number of anilines is 1. The predicted molar refractivity (Wildman–Crippen MR) is 106 cm³/mol. The van der Waals surface area contributed by atoms with E-state index in [4.69, 9.17) is 0 Å². The minimum Gasteiger partial charge on any atom is -0.245 e. The first kappa shape index (κ1) is 19.1. The van der Waals surface area contributed by atoms with Gasteiger partial charge in [-0.2, -0.15) is 5.10 Å². The van der Waals surface area contributed by atoms with Crippen molar-refractivity contribution in [2.75, 3.05) is 5.43 Å². The van der Waals surface area contributed by atoms with Crippen LogP contribution in [0.4, 0.5) is 5.95 Å². The third kappa shape index (κ3) is 5.12. The number of hydrogen-bond donors (Lipinski definition) is 1. The lowest BCUT2D eigenvalue weighted by Crippen LogP contribution is -2.16. The van der Waals surface area contributed by atoms with Crippen LogP contribution in [-0.2, 0) is 18.3 Å². The van der Waals surface area contributed by atoms with Crippen LogP contribution in [0.5, 0.6) is 0 Å². The van der Waals surface area contributed by atoms with Crippen LogP contribution >= 0.6 is 0 Å². The molecule has 0 saturated carbocycles. The van der Waals surface area contributed by atoms with Gasteiger partial charge in [-0.25, -0.2) is 15.4 Å². The molecule has 1 heterocycles. The van der Waals surface area contributed by atoms with E-state index in [2.05, 4.69) is 85.4 Å². The Morgan fingerprint density at radius 1 is 1.08 bits per heavy atom. The molecule has 0 amide bonds. The standard InChI is InChI=1S/C21H30N4/c1-7-11-17-14-16(8-2)22-20(23-17)25-24-15(3)18-12-9-10-13-19(18)21(4,5)6/h9-10,12-14H,7-8,11H2,1-6H3,(H,22,23,25). The molecule has 4 nitrogen and oxygen atoms in total. The zero-order chi connectivity index (χ0) is 18.4. The molecule has 0 atom stereocenters. The molecule has 2 aromatic rings. The predicted octanol–water partition coefficient (Wildman–Crippen LogP) is 5.13. The average Bonchev–Trinajstić information content (AvgIpc) is 2.59. The SMILES string of the molecule is CCCc1cc(CC)nc(NN=C(C)c2ccccc2C(C)(C)C)n1. The highest BCUT2D eigenvalue weighted by molar-refractivity contribution is 6.00. The molecule has 134 valence electrons. The van der Waals surface area contributed by atoms with E-state index in [1.807, 2.05) is 6.92 Å². The minimum atomic E-state index is 0.0697. The fraction of sp³-hybridized carbons (Fsp3) is 0.476. The molecule has 0 fully saturated rings. The van der Waals surface area contributed by atoms with Crippen molar-refractivity contribution < 1.29 is 0 Å². The molecule has 25 heavy (non-hydrogen) atoms. The van der Waals surface area contributed by atoms with Gasteiger partial charge in [-0.3, -0.25) is 0 Å². The van der Waals surface area contributed by atoms with Gasteiger partial charge in [0.15, 0.2) is 0 Å². The molecule has 1 aromatic carbocycles. The van der Waals surface area contributed by atoms with Gasteiger partial charge in [0.1, 0.15) is 0 Å². The normalized spacial score (nSPS) is 12.3. The van der Waals surface area contributed by atoms with E-state index in [0.29, 0.717) is 5.95 Å². The topological polar surface area (TPSA) is 50.2 Å². The number of benzene rings is 1. The van der Waals surface area contributed by atoms with Gasteiger partial charge in [-0.15, -0.1) is 0 Å². The molecule has 1 N–H and O–H groups in total. The van der Waals surface area contributed by atoms with Crippen LogP contribution < -0.4 is 5.43 Å². The van der Waals surface area contributed by atoms with Crippen LogP contribution in [-0.4, -0.2) is 15.7 Å². The van der Waals surface area contributed by atoms with Crippen LogP contribution in [0.3, 0.4) is 0 Å². The third-order valence-electron chi connectivity index (χ3n) is 4.15. The molecule has 0 saturated heterocycles. The van der Waals surface area contributed by atoms with E-state index in [-0.39, 0.29) is 5.41 Å². The molecule has 1 aromatic heterocycles. The lowest BCUT2D eigenvalue weighted by atomic mass is 9.83. The summed E-state index contributed by atoms with van der Waals surface area (Å²) in [6.07, 6.45) is 2.92. The first-order chi connectivity index (χ1) is 11.8. The second-order valence-corrected chi connectivity index (χ2v) is 7.38. The number of hydrazone groups is 1. The first-order valence-corrected chi connectivity index (χ1v) is 9.12. The zero-order valence-electron chi connectivity index (χ0n) is 16.3. The van der Waals surface area contributed by atoms with Crippen LogP contribution in [0.15, 0.2) is 35.4 Å². The first-order valence-electron chi connectivity index (χ1n) is 9.12. The summed E-state index contributed by atoms with van der Waals surface area (Å²) < 4.78 is 0. The second kappa shape index (κ2) is 8.24. The monoisotopic (exact) mass is 338 g/mol. The van der Waals surface area contributed by atoms with Crippen molar-refractivity contribution in [3.8, 4) is 0 Å². The Morgan fingerprint density at radius 2 is 1.76 bits per heavy atom. The number of nitrogens with zero attached hydrogens (tertiary/aromatic N) is 3. The van der Waals surface area contributed by atoms with Gasteiger partial charge < -0.3 is 0 Å². The van der Waals surface area contributed by atoms with Gasteiger partial charge in [0.05, 0.1) is 5.71 Å². The fourth-order valence-corrected chi connectivity index (χ4v) is 2.82. The zero-order valence-corrected chi connectivity index (χ0v) is 16.3. The van der Waals surface area contributed by atoms with Gasteiger partial charge in [0.2, 0.25) is 5.95 Å². The highest BCUT2D eigenvalue weighted by atomic mass is 15.4. The summed E-state index contributed by atoms with van der Waals surface area (Å²) in [6, 6.07) is 10.5. The number of aryl methyl sites for hydroxylation is 2. The van der Waals surface area contributed by atoms with E-state index in [1.165, 1.54) is 5.56 Å². The second-order valence-electron chi connectivity index (χ2n) is 7.38. The maximum absolute atomic E-state index is 4.58. The Balaban J connectivity index is 2.29. The van der Waals surface area contributed by atoms with Crippen molar-refractivity contribution in [3.05, 3.63) is 52.8 Å². The smallest absolute Gasteiger partial charge is 0.243 e. The van der Waals surface area contributed by atoms with Crippen LogP contribution in [0.2, 0.25) is 0 Å². The van der Waals surface area contributed by atoms with Crippen molar-refractivity contribution in [1.82, 2.24) is 9.97 Å². The highest BCUT2D eigenvalue weighted by Crippen LogP contribution is 2.26. The van der Waals surface area contributed by atoms with Crippen molar-refractivity contribution in [1.29, 1.82) is 0 Å². The van der Waals surface area contributed by atoms with Crippen LogP contribution in [0, 0.1) is 0 Å². The molecular formula is C21H30N4. The average molecular weight is 338 g/mol. The quantitative estimate of drug-likeness (QED) is 0.587. The van der Waals surface area contributed by atoms with Gasteiger partial charge in [-0.05, 0) is 36.8 Å². The van der Waals surface area contributed by atoms with Crippen molar-refractivity contribution in [2.24, 2.45) is 5.10 Å². The molecule has 0 radical (unpaired) electrons. The lowest BCUT2D eigenvalue weighted by molar-refractivity contribution is 0.589. The summed E-state index contributed by atoms with van der Waals surface area (Å²) in [4.78, 5) is 9.12. The summed E-state index contributed by atoms with van der Waals surface area (Å²) >= 11 is 0. The Labute approximate surface area is 151 Å². The third-order valence-corrected chi connectivity index (χ3v) is 4.15. The van der Waals surface area contributed by atoms with Gasteiger partial charge in [-0.1, -0.05) is 65.3 Å². The van der Waals surface area contributed by atoms with Gasteiger partial charge in [0, 0.05) is 17.0 Å². The molecule has 0 unspecified atom stereocenters. The Bertz CT molecular complexity index is 742. The molecule has 0 spiro atoms. The molecule has 0 aliphatic carbocycles. The molecule has 4 heteroatoms. The maximum atomic E-state index is 4.58. The number of hydrogen-bond acceptors (Lipinski definition) is 4. The fourth-order valence-electron chi connectivity index (χ4n) is 2.82. The van der Waals surface area contributed by atoms with Crippen molar-refractivity contribution >= 4 is 11.7 Å². The maximum Gasteiger partial charge on any atom is 0.243 e. The Kier molecular flexibility index (Phi) is 6.29. The summed E-state index contributed by atoms with van der Waals surface area (Å²) in [7, 11) is 0. The number of aromatic nitrogens is 2. The number of rotatable bonds is 6. The van der Waals surface area contributed by atoms with Crippen LogP contribution in [0.25, 0.3) is 0 Å². The number of nitrogens with one attached hydrogen (secondary N) is 1. The van der Waals surface area contributed by atoms with E-state index in [0.717, 1.165) is 41.9 Å². The minimum absolute atomic E-state index is 0.0697. The largest absolute Gasteiger partial charge is 0.245 e. The van der Waals surface area contributed by atoms with Gasteiger partial charge >= 0.3 is 0 Å². The van der Waals surface area contributed by atoms with Gasteiger partial charge in [0.25, 0.3) is 0 Å². The van der Waals surface area contributed by atoms with Crippen molar-refractivity contribution in [3.63, 3.8) is 0 Å². The van der Waals surface area contributed by atoms with E-state index in [9.17, 15) is 0 Å². The summed E-state index contributed by atoms with van der Waals surface area (Å²) in [5.74, 6) is 0.579. The Hall–Kier alpha value is -2.23. The molecule has 0 aliphatic rings. The van der Waals surface area contributed by atoms with E-state index in [1.54, 1.807) is 0 Å². The van der Waals surface area contributed by atoms with E-state index < -0.39 is 0 Å². The summed E-state index contributed by atoms with van der Waals surface area (Å²) in [6.45, 7) is 12.9. The molecule has 2 rings (SSSR count). The lowest BCUT2D eigenvalue weighted by Gasteiger charge is -2.22. The molecule has 0 bridgehead atoms. The summed E-state index contributed by atoms with van der Waals surface area (Å²) in [5, 5.41) is 4.56. The molecular weight excluding hydrogens is 308 g/mol. The van der Waals surface area contributed by atoms with Crippen molar-refractivity contribution in [2.45, 2.75) is 66.2 Å². The van der Waals surface area contributed by atoms with E-state index >= 15 is 0 Å². The Morgan fingerprint density at radius 3 is 2.40 bits per heavy atom. The summed E-state index contributed by atoms with van der Waals surface area (Å²) in [5.41, 5.74) is 8.62. The van der Waals surface area contributed by atoms with Crippen LogP contribution in [0.1, 0.15) is 70.5 Å².